The first-order valence-electron chi connectivity index (χ1n) is 8.45. The van der Waals surface area contributed by atoms with Gasteiger partial charge < -0.3 is 5.32 Å². The van der Waals surface area contributed by atoms with Crippen molar-refractivity contribution in [2.75, 3.05) is 13.1 Å². The lowest BCUT2D eigenvalue weighted by Gasteiger charge is -2.48. The van der Waals surface area contributed by atoms with Crippen LogP contribution in [0.15, 0.2) is 24.3 Å². The van der Waals surface area contributed by atoms with Gasteiger partial charge in [-0.15, -0.1) is 0 Å². The molecule has 0 amide bonds. The van der Waals surface area contributed by atoms with Crippen LogP contribution < -0.4 is 5.32 Å². The van der Waals surface area contributed by atoms with Gasteiger partial charge in [0, 0.05) is 36.2 Å². The summed E-state index contributed by atoms with van der Waals surface area (Å²) < 4.78 is 0. The quantitative estimate of drug-likeness (QED) is 0.895. The van der Waals surface area contributed by atoms with Gasteiger partial charge in [-0.3, -0.25) is 4.90 Å². The number of rotatable bonds is 4. The van der Waals surface area contributed by atoms with Crippen LogP contribution in [0.5, 0.6) is 0 Å². The third-order valence-electron chi connectivity index (χ3n) is 5.27. The minimum absolute atomic E-state index is 0.395. The summed E-state index contributed by atoms with van der Waals surface area (Å²) in [7, 11) is 0. The average Bonchev–Trinajstić information content (AvgIpc) is 2.93. The maximum absolute atomic E-state index is 6.16. The molecule has 1 N–H and O–H groups in total. The fraction of sp³-hybridized carbons (Fsp3) is 0.667. The Kier molecular flexibility index (Phi) is 4.88. The van der Waals surface area contributed by atoms with Gasteiger partial charge in [0.05, 0.1) is 0 Å². The molecule has 21 heavy (non-hydrogen) atoms. The van der Waals surface area contributed by atoms with Crippen LogP contribution in [0.3, 0.4) is 0 Å². The standard InChI is InChI=1S/C18H27ClN2/c1-2-6-17-13-21(12-15-7-5-8-16(19)11-15)18(14-20-17)9-3-4-10-18/h5,7-8,11,17,20H,2-4,6,9-10,12-14H2,1H3. The molecule has 2 nitrogen and oxygen atoms in total. The zero-order valence-corrected chi connectivity index (χ0v) is 13.8. The lowest BCUT2D eigenvalue weighted by Crippen LogP contribution is -2.63. The molecule has 0 radical (unpaired) electrons. The van der Waals surface area contributed by atoms with Crippen molar-refractivity contribution in [3.63, 3.8) is 0 Å². The summed E-state index contributed by atoms with van der Waals surface area (Å²) in [4.78, 5) is 2.75. The highest BCUT2D eigenvalue weighted by molar-refractivity contribution is 6.30. The normalized spacial score (nSPS) is 25.5. The van der Waals surface area contributed by atoms with Crippen molar-refractivity contribution >= 4 is 11.6 Å². The van der Waals surface area contributed by atoms with Gasteiger partial charge in [-0.05, 0) is 37.0 Å². The zero-order valence-electron chi connectivity index (χ0n) is 13.1. The Morgan fingerprint density at radius 2 is 2.14 bits per heavy atom. The second kappa shape index (κ2) is 6.68. The van der Waals surface area contributed by atoms with Crippen molar-refractivity contribution in [3.8, 4) is 0 Å². The Morgan fingerprint density at radius 1 is 1.33 bits per heavy atom. The second-order valence-corrected chi connectivity index (χ2v) is 7.24. The molecule has 1 aliphatic carbocycles. The maximum Gasteiger partial charge on any atom is 0.0409 e. The predicted molar refractivity (Wildman–Crippen MR) is 89.8 cm³/mol. The first kappa shape index (κ1) is 15.3. The molecule has 0 bridgehead atoms. The van der Waals surface area contributed by atoms with E-state index < -0.39 is 0 Å². The van der Waals surface area contributed by atoms with E-state index in [9.17, 15) is 0 Å². The molecule has 3 heteroatoms. The molecule has 1 aromatic rings. The van der Waals surface area contributed by atoms with E-state index in [1.54, 1.807) is 0 Å². The second-order valence-electron chi connectivity index (χ2n) is 6.81. The third kappa shape index (κ3) is 3.44. The van der Waals surface area contributed by atoms with E-state index in [1.165, 1.54) is 50.6 Å². The smallest absolute Gasteiger partial charge is 0.0409 e. The first-order valence-corrected chi connectivity index (χ1v) is 8.82. The number of piperazine rings is 1. The lowest BCUT2D eigenvalue weighted by molar-refractivity contribution is 0.0338. The van der Waals surface area contributed by atoms with Crippen LogP contribution in [0, 0.1) is 0 Å². The molecular weight excluding hydrogens is 280 g/mol. The lowest BCUT2D eigenvalue weighted by atomic mass is 9.89. The molecule has 1 aliphatic heterocycles. The summed E-state index contributed by atoms with van der Waals surface area (Å²) in [6, 6.07) is 9.03. The fourth-order valence-electron chi connectivity index (χ4n) is 4.13. The first-order chi connectivity index (χ1) is 10.2. The molecular formula is C18H27ClN2. The van der Waals surface area contributed by atoms with Crippen molar-refractivity contribution in [2.45, 2.75) is 63.6 Å². The van der Waals surface area contributed by atoms with E-state index in [4.69, 9.17) is 11.6 Å². The molecule has 1 saturated carbocycles. The Hall–Kier alpha value is -0.570. The van der Waals surface area contributed by atoms with Gasteiger partial charge in [-0.2, -0.15) is 0 Å². The third-order valence-corrected chi connectivity index (χ3v) is 5.50. The van der Waals surface area contributed by atoms with Gasteiger partial charge in [0.2, 0.25) is 0 Å². The Morgan fingerprint density at radius 3 is 2.86 bits per heavy atom. The largest absolute Gasteiger partial charge is 0.311 e. The van der Waals surface area contributed by atoms with Crippen molar-refractivity contribution in [1.29, 1.82) is 0 Å². The van der Waals surface area contributed by atoms with E-state index in [0.717, 1.165) is 18.1 Å². The molecule has 1 spiro atoms. The molecule has 1 heterocycles. The van der Waals surface area contributed by atoms with Gasteiger partial charge in [0.15, 0.2) is 0 Å². The van der Waals surface area contributed by atoms with E-state index in [2.05, 4.69) is 35.3 Å². The van der Waals surface area contributed by atoms with Crippen LogP contribution in [-0.4, -0.2) is 29.6 Å². The summed E-state index contributed by atoms with van der Waals surface area (Å²) in [5, 5.41) is 4.67. The van der Waals surface area contributed by atoms with E-state index in [-0.39, 0.29) is 0 Å². The average molecular weight is 307 g/mol. The minimum Gasteiger partial charge on any atom is -0.311 e. The topological polar surface area (TPSA) is 15.3 Å². The molecule has 2 fully saturated rings. The number of nitrogens with zero attached hydrogens (tertiary/aromatic N) is 1. The number of hydrogen-bond donors (Lipinski definition) is 1. The summed E-state index contributed by atoms with van der Waals surface area (Å²) >= 11 is 6.16. The monoisotopic (exact) mass is 306 g/mol. The SMILES string of the molecule is CCCC1CN(Cc2cccc(Cl)c2)C2(CCCC2)CN1. The Labute approximate surface area is 133 Å². The van der Waals surface area contributed by atoms with Crippen LogP contribution in [0.1, 0.15) is 51.0 Å². The van der Waals surface area contributed by atoms with Crippen LogP contribution in [0.2, 0.25) is 5.02 Å². The minimum atomic E-state index is 0.395. The summed E-state index contributed by atoms with van der Waals surface area (Å²) in [5.74, 6) is 0. The van der Waals surface area contributed by atoms with E-state index in [0.29, 0.717) is 11.6 Å². The van der Waals surface area contributed by atoms with Crippen LogP contribution in [0.4, 0.5) is 0 Å². The summed E-state index contributed by atoms with van der Waals surface area (Å²) in [6.07, 6.45) is 7.99. The van der Waals surface area contributed by atoms with Gasteiger partial charge >= 0.3 is 0 Å². The maximum atomic E-state index is 6.16. The van der Waals surface area contributed by atoms with Crippen LogP contribution >= 0.6 is 11.6 Å². The molecule has 3 rings (SSSR count). The molecule has 1 saturated heterocycles. The molecule has 1 aromatic carbocycles. The van der Waals surface area contributed by atoms with Crippen LogP contribution in [-0.2, 0) is 6.54 Å². The van der Waals surface area contributed by atoms with Crippen molar-refractivity contribution < 1.29 is 0 Å². The Balaban J connectivity index is 1.76. The highest BCUT2D eigenvalue weighted by atomic mass is 35.5. The summed E-state index contributed by atoms with van der Waals surface area (Å²) in [6.45, 7) is 5.67. The fourth-order valence-corrected chi connectivity index (χ4v) is 4.34. The van der Waals surface area contributed by atoms with Gasteiger partial charge in [-0.1, -0.05) is 49.9 Å². The van der Waals surface area contributed by atoms with Gasteiger partial charge in [-0.25, -0.2) is 0 Å². The van der Waals surface area contributed by atoms with E-state index >= 15 is 0 Å². The number of benzene rings is 1. The van der Waals surface area contributed by atoms with Crippen molar-refractivity contribution in [1.82, 2.24) is 10.2 Å². The number of nitrogens with one attached hydrogen (secondary N) is 1. The van der Waals surface area contributed by atoms with E-state index in [1.807, 2.05) is 6.07 Å². The zero-order chi connectivity index (χ0) is 14.7. The van der Waals surface area contributed by atoms with Crippen molar-refractivity contribution in [2.24, 2.45) is 0 Å². The molecule has 2 aliphatic rings. The molecule has 1 unspecified atom stereocenters. The molecule has 0 aromatic heterocycles. The predicted octanol–water partition coefficient (Wildman–Crippen LogP) is 4.23. The Bertz CT molecular complexity index is 468. The highest BCUT2D eigenvalue weighted by Gasteiger charge is 2.43. The van der Waals surface area contributed by atoms with Crippen LogP contribution in [0.25, 0.3) is 0 Å². The van der Waals surface area contributed by atoms with Gasteiger partial charge in [0.25, 0.3) is 0 Å². The number of hydrogen-bond acceptors (Lipinski definition) is 2. The number of halogens is 1. The van der Waals surface area contributed by atoms with Crippen molar-refractivity contribution in [3.05, 3.63) is 34.9 Å². The molecule has 1 atom stereocenters. The van der Waals surface area contributed by atoms with Gasteiger partial charge in [0.1, 0.15) is 0 Å². The molecule has 116 valence electrons. The highest BCUT2D eigenvalue weighted by Crippen LogP contribution is 2.38. The summed E-state index contributed by atoms with van der Waals surface area (Å²) in [5.41, 5.74) is 1.75.